The summed E-state index contributed by atoms with van der Waals surface area (Å²) >= 11 is 0. The number of hydrogen-bond acceptors (Lipinski definition) is 4. The van der Waals surface area contributed by atoms with E-state index < -0.39 is 0 Å². The molecule has 2 saturated heterocycles. The summed E-state index contributed by atoms with van der Waals surface area (Å²) < 4.78 is 0. The lowest BCUT2D eigenvalue weighted by molar-refractivity contribution is -0.124. The van der Waals surface area contributed by atoms with Crippen LogP contribution < -0.4 is 16.0 Å². The Morgan fingerprint density at radius 1 is 1.48 bits per heavy atom. The highest BCUT2D eigenvalue weighted by atomic mass is 16.1. The van der Waals surface area contributed by atoms with Gasteiger partial charge in [-0.05, 0) is 37.3 Å². The lowest BCUT2D eigenvalue weighted by atomic mass is 9.85. The molecular formula is C16H24N4O. The molecule has 2 aliphatic heterocycles. The van der Waals surface area contributed by atoms with E-state index in [1.165, 1.54) is 0 Å². The Morgan fingerprint density at radius 2 is 2.33 bits per heavy atom. The fourth-order valence-corrected chi connectivity index (χ4v) is 3.36. The smallest absolute Gasteiger partial charge is 0.220 e. The number of carbonyl (C=O) groups excluding carboxylic acids is 1. The van der Waals surface area contributed by atoms with Crippen molar-refractivity contribution < 1.29 is 4.79 Å². The average Bonchev–Trinajstić information content (AvgIpc) is 2.53. The number of amides is 1. The van der Waals surface area contributed by atoms with E-state index in [2.05, 4.69) is 28.2 Å². The first-order valence-corrected chi connectivity index (χ1v) is 7.93. The van der Waals surface area contributed by atoms with Crippen LogP contribution in [0.3, 0.4) is 0 Å². The molecule has 0 saturated carbocycles. The molecule has 0 aliphatic carbocycles. The minimum atomic E-state index is 0.0262. The Hall–Kier alpha value is -1.62. The van der Waals surface area contributed by atoms with Crippen LogP contribution in [0.1, 0.15) is 44.3 Å². The van der Waals surface area contributed by atoms with Gasteiger partial charge in [-0.1, -0.05) is 6.92 Å². The van der Waals surface area contributed by atoms with Crippen LogP contribution in [0.15, 0.2) is 18.3 Å². The van der Waals surface area contributed by atoms with Crippen LogP contribution in [-0.4, -0.2) is 30.0 Å². The monoisotopic (exact) mass is 288 g/mol. The highest BCUT2D eigenvalue weighted by Gasteiger charge is 2.33. The Morgan fingerprint density at radius 3 is 3.05 bits per heavy atom. The molecule has 2 aliphatic rings. The molecule has 0 spiro atoms. The Kier molecular flexibility index (Phi) is 4.10. The molecule has 114 valence electrons. The van der Waals surface area contributed by atoms with E-state index in [-0.39, 0.29) is 11.9 Å². The number of nitrogens with two attached hydrogens (primary N) is 1. The van der Waals surface area contributed by atoms with Gasteiger partial charge in [-0.2, -0.15) is 0 Å². The second kappa shape index (κ2) is 6.02. The highest BCUT2D eigenvalue weighted by molar-refractivity contribution is 5.77. The molecule has 5 nitrogen and oxygen atoms in total. The minimum absolute atomic E-state index is 0.0262. The number of hydrogen-bond donors (Lipinski definition) is 2. The number of piperidine rings is 2. The maximum absolute atomic E-state index is 11.5. The molecule has 0 bridgehead atoms. The number of nitrogens with zero attached hydrogens (tertiary/aromatic N) is 2. The topological polar surface area (TPSA) is 71.2 Å². The third kappa shape index (κ3) is 3.02. The first-order valence-electron chi connectivity index (χ1n) is 7.93. The standard InChI is InChI=1S/C16H24N4O/c1-2-13(17)15-5-4-12(9-18-15)20-8-7-14-11(10-20)3-6-16(21)19-14/h4-5,9,11,13-14H,2-3,6-8,10,17H2,1H3,(H,19,21)/t11?,13-,14?/m1/s1. The summed E-state index contributed by atoms with van der Waals surface area (Å²) in [5.41, 5.74) is 8.13. The van der Waals surface area contributed by atoms with Crippen LogP contribution in [0.4, 0.5) is 5.69 Å². The average molecular weight is 288 g/mol. The van der Waals surface area contributed by atoms with Crippen molar-refractivity contribution >= 4 is 11.6 Å². The molecule has 1 aromatic heterocycles. The SMILES string of the molecule is CC[C@@H](N)c1ccc(N2CCC3NC(=O)CCC3C2)cn1. The van der Waals surface area contributed by atoms with E-state index >= 15 is 0 Å². The maximum atomic E-state index is 11.5. The molecule has 3 N–H and O–H groups in total. The van der Waals surface area contributed by atoms with Crippen LogP contribution in [0.2, 0.25) is 0 Å². The van der Waals surface area contributed by atoms with Crippen molar-refractivity contribution in [2.24, 2.45) is 11.7 Å². The fourth-order valence-electron chi connectivity index (χ4n) is 3.36. The summed E-state index contributed by atoms with van der Waals surface area (Å²) in [4.78, 5) is 18.3. The van der Waals surface area contributed by atoms with Crippen LogP contribution in [-0.2, 0) is 4.79 Å². The molecule has 1 amide bonds. The molecule has 2 fully saturated rings. The van der Waals surface area contributed by atoms with Crippen molar-refractivity contribution in [1.82, 2.24) is 10.3 Å². The van der Waals surface area contributed by atoms with Crippen molar-refractivity contribution in [2.45, 2.75) is 44.7 Å². The number of aromatic nitrogens is 1. The molecule has 21 heavy (non-hydrogen) atoms. The van der Waals surface area contributed by atoms with Crippen molar-refractivity contribution in [3.63, 3.8) is 0 Å². The minimum Gasteiger partial charge on any atom is -0.370 e. The van der Waals surface area contributed by atoms with Crippen LogP contribution in [0.5, 0.6) is 0 Å². The summed E-state index contributed by atoms with van der Waals surface area (Å²) in [6.45, 7) is 4.05. The Labute approximate surface area is 125 Å². The van der Waals surface area contributed by atoms with E-state index in [0.717, 1.165) is 43.7 Å². The number of nitrogens with one attached hydrogen (secondary N) is 1. The Bertz CT molecular complexity index is 502. The zero-order chi connectivity index (χ0) is 14.8. The zero-order valence-electron chi connectivity index (χ0n) is 12.6. The third-order valence-corrected chi connectivity index (χ3v) is 4.78. The van der Waals surface area contributed by atoms with Crippen LogP contribution >= 0.6 is 0 Å². The third-order valence-electron chi connectivity index (χ3n) is 4.78. The van der Waals surface area contributed by atoms with Crippen molar-refractivity contribution in [2.75, 3.05) is 18.0 Å². The molecule has 0 radical (unpaired) electrons. The van der Waals surface area contributed by atoms with E-state index in [0.29, 0.717) is 18.4 Å². The largest absolute Gasteiger partial charge is 0.370 e. The van der Waals surface area contributed by atoms with E-state index in [1.807, 2.05) is 12.3 Å². The van der Waals surface area contributed by atoms with Gasteiger partial charge in [-0.25, -0.2) is 0 Å². The van der Waals surface area contributed by atoms with Crippen LogP contribution in [0, 0.1) is 5.92 Å². The van der Waals surface area contributed by atoms with Crippen molar-refractivity contribution in [1.29, 1.82) is 0 Å². The van der Waals surface area contributed by atoms with Gasteiger partial charge in [0.1, 0.15) is 0 Å². The summed E-state index contributed by atoms with van der Waals surface area (Å²) in [5.74, 6) is 0.776. The van der Waals surface area contributed by atoms with Gasteiger partial charge in [0.2, 0.25) is 5.91 Å². The van der Waals surface area contributed by atoms with Gasteiger partial charge in [-0.3, -0.25) is 9.78 Å². The quantitative estimate of drug-likeness (QED) is 0.886. The predicted molar refractivity (Wildman–Crippen MR) is 82.9 cm³/mol. The highest BCUT2D eigenvalue weighted by Crippen LogP contribution is 2.28. The molecule has 3 heterocycles. The van der Waals surface area contributed by atoms with Crippen LogP contribution in [0.25, 0.3) is 0 Å². The summed E-state index contributed by atoms with van der Waals surface area (Å²) in [7, 11) is 0. The van der Waals surface area contributed by atoms with E-state index in [4.69, 9.17) is 5.73 Å². The Balaban J connectivity index is 1.66. The van der Waals surface area contributed by atoms with Gasteiger partial charge in [0, 0.05) is 31.6 Å². The van der Waals surface area contributed by atoms with Crippen molar-refractivity contribution in [3.05, 3.63) is 24.0 Å². The first-order chi connectivity index (χ1) is 10.2. The van der Waals surface area contributed by atoms with E-state index in [9.17, 15) is 4.79 Å². The fraction of sp³-hybridized carbons (Fsp3) is 0.625. The molecular weight excluding hydrogens is 264 g/mol. The van der Waals surface area contributed by atoms with Gasteiger partial charge in [0.15, 0.2) is 0 Å². The lowest BCUT2D eigenvalue weighted by Gasteiger charge is -2.42. The van der Waals surface area contributed by atoms with Gasteiger partial charge < -0.3 is 16.0 Å². The van der Waals surface area contributed by atoms with Gasteiger partial charge >= 0.3 is 0 Å². The van der Waals surface area contributed by atoms with Crippen molar-refractivity contribution in [3.8, 4) is 0 Å². The molecule has 1 aromatic rings. The number of fused-ring (bicyclic) bond motifs is 1. The summed E-state index contributed by atoms with van der Waals surface area (Å²) in [5, 5.41) is 3.12. The molecule has 0 aromatic carbocycles. The second-order valence-electron chi connectivity index (χ2n) is 6.16. The maximum Gasteiger partial charge on any atom is 0.220 e. The first kappa shape index (κ1) is 14.3. The summed E-state index contributed by atoms with van der Waals surface area (Å²) in [6.07, 6.45) is 5.52. The van der Waals surface area contributed by atoms with E-state index in [1.54, 1.807) is 0 Å². The predicted octanol–water partition coefficient (Wildman–Crippen LogP) is 1.60. The molecule has 3 rings (SSSR count). The number of carbonyl (C=O) groups is 1. The molecule has 2 unspecified atom stereocenters. The zero-order valence-corrected chi connectivity index (χ0v) is 12.6. The number of pyridine rings is 1. The number of rotatable bonds is 3. The normalized spacial score (nSPS) is 27.0. The number of anilines is 1. The van der Waals surface area contributed by atoms with Gasteiger partial charge in [0.05, 0.1) is 17.6 Å². The molecule has 5 heteroatoms. The van der Waals surface area contributed by atoms with Gasteiger partial charge in [-0.15, -0.1) is 0 Å². The lowest BCUT2D eigenvalue weighted by Crippen LogP contribution is -2.54. The second-order valence-corrected chi connectivity index (χ2v) is 6.16. The van der Waals surface area contributed by atoms with Gasteiger partial charge in [0.25, 0.3) is 0 Å². The molecule has 3 atom stereocenters. The summed E-state index contributed by atoms with van der Waals surface area (Å²) in [6, 6.07) is 4.55.